The third-order valence-electron chi connectivity index (χ3n) is 4.01. The first-order valence-electron chi connectivity index (χ1n) is 7.65. The molecule has 116 valence electrons. The van der Waals surface area contributed by atoms with Gasteiger partial charge in [0.15, 0.2) is 0 Å². The minimum Gasteiger partial charge on any atom is -0.391 e. The van der Waals surface area contributed by atoms with E-state index in [4.69, 9.17) is 0 Å². The van der Waals surface area contributed by atoms with E-state index < -0.39 is 0 Å². The molecule has 1 atom stereocenters. The van der Waals surface area contributed by atoms with Gasteiger partial charge in [0.1, 0.15) is 5.01 Å². The molecule has 0 aliphatic carbocycles. The first-order chi connectivity index (χ1) is 10.7. The Labute approximate surface area is 134 Å². The van der Waals surface area contributed by atoms with Crippen LogP contribution in [0.25, 0.3) is 10.6 Å². The van der Waals surface area contributed by atoms with Crippen molar-refractivity contribution in [3.8, 4) is 10.6 Å². The van der Waals surface area contributed by atoms with E-state index in [2.05, 4.69) is 36.2 Å². The molecule has 0 unspecified atom stereocenters. The van der Waals surface area contributed by atoms with Crippen LogP contribution in [0.15, 0.2) is 29.6 Å². The highest BCUT2D eigenvalue weighted by Crippen LogP contribution is 2.24. The maximum atomic E-state index is 12.2. The zero-order chi connectivity index (χ0) is 15.5. The molecule has 0 radical (unpaired) electrons. The van der Waals surface area contributed by atoms with E-state index in [0.717, 1.165) is 22.7 Å². The number of hydrogen-bond acceptors (Lipinski definition) is 4. The molecule has 0 spiro atoms. The number of likely N-dealkylation sites (tertiary alicyclic amines) is 1. The highest BCUT2D eigenvalue weighted by atomic mass is 32.1. The van der Waals surface area contributed by atoms with Gasteiger partial charge in [-0.1, -0.05) is 31.2 Å². The van der Waals surface area contributed by atoms with Gasteiger partial charge in [0.25, 0.3) is 0 Å². The highest BCUT2D eigenvalue weighted by Gasteiger charge is 2.24. The number of amides is 1. The summed E-state index contributed by atoms with van der Waals surface area (Å²) in [5, 5.41) is 12.4. The van der Waals surface area contributed by atoms with Gasteiger partial charge in [-0.15, -0.1) is 11.3 Å². The molecular weight excluding hydrogens is 296 g/mol. The molecule has 1 aliphatic rings. The molecule has 1 aromatic heterocycles. The van der Waals surface area contributed by atoms with E-state index in [1.807, 2.05) is 5.38 Å². The maximum Gasteiger partial charge on any atom is 0.228 e. The van der Waals surface area contributed by atoms with Crippen molar-refractivity contribution in [2.24, 2.45) is 0 Å². The van der Waals surface area contributed by atoms with Gasteiger partial charge in [0.2, 0.25) is 5.91 Å². The van der Waals surface area contributed by atoms with Gasteiger partial charge in [-0.2, -0.15) is 0 Å². The number of aliphatic hydroxyl groups is 1. The molecule has 1 fully saturated rings. The summed E-state index contributed by atoms with van der Waals surface area (Å²) in [7, 11) is 0. The van der Waals surface area contributed by atoms with Gasteiger partial charge < -0.3 is 10.0 Å². The molecule has 3 rings (SSSR count). The van der Waals surface area contributed by atoms with Crippen LogP contribution in [-0.4, -0.2) is 40.1 Å². The number of carbonyl (C=O) groups is 1. The number of hydrogen-bond donors (Lipinski definition) is 1. The summed E-state index contributed by atoms with van der Waals surface area (Å²) >= 11 is 1.57. The van der Waals surface area contributed by atoms with Crippen molar-refractivity contribution < 1.29 is 9.90 Å². The molecule has 0 saturated carbocycles. The summed E-state index contributed by atoms with van der Waals surface area (Å²) in [6, 6.07) is 8.40. The van der Waals surface area contributed by atoms with Gasteiger partial charge in [-0.3, -0.25) is 4.79 Å². The Morgan fingerprint density at radius 1 is 1.41 bits per heavy atom. The van der Waals surface area contributed by atoms with Crippen molar-refractivity contribution >= 4 is 17.2 Å². The number of carbonyl (C=O) groups excluding carboxylic acids is 1. The van der Waals surface area contributed by atoms with Crippen LogP contribution in [-0.2, 0) is 17.6 Å². The van der Waals surface area contributed by atoms with Crippen molar-refractivity contribution in [1.29, 1.82) is 0 Å². The first-order valence-corrected chi connectivity index (χ1v) is 8.53. The Morgan fingerprint density at radius 3 is 2.82 bits per heavy atom. The number of aliphatic hydroxyl groups excluding tert-OH is 1. The standard InChI is InChI=1S/C17H20N2O2S/c1-2-12-3-5-13(6-4-12)17-18-14(11-22-17)9-16(21)19-8-7-15(20)10-19/h3-6,11,15,20H,2,7-10H2,1H3/t15-/m1/s1. The molecule has 1 N–H and O–H groups in total. The summed E-state index contributed by atoms with van der Waals surface area (Å²) in [4.78, 5) is 18.5. The van der Waals surface area contributed by atoms with Crippen LogP contribution >= 0.6 is 11.3 Å². The first kappa shape index (κ1) is 15.2. The van der Waals surface area contributed by atoms with Crippen molar-refractivity contribution in [2.45, 2.75) is 32.3 Å². The Bertz CT molecular complexity index is 651. The quantitative estimate of drug-likeness (QED) is 0.943. The zero-order valence-electron chi connectivity index (χ0n) is 12.7. The van der Waals surface area contributed by atoms with Gasteiger partial charge in [0, 0.05) is 24.0 Å². The normalized spacial score (nSPS) is 17.9. The Kier molecular flexibility index (Phi) is 4.55. The van der Waals surface area contributed by atoms with E-state index in [1.165, 1.54) is 5.56 Å². The molecule has 0 bridgehead atoms. The molecule has 1 aromatic carbocycles. The third kappa shape index (κ3) is 3.36. The highest BCUT2D eigenvalue weighted by molar-refractivity contribution is 7.13. The summed E-state index contributed by atoms with van der Waals surface area (Å²) in [6.07, 6.45) is 1.65. The van der Waals surface area contributed by atoms with Crippen LogP contribution in [0.3, 0.4) is 0 Å². The van der Waals surface area contributed by atoms with E-state index in [9.17, 15) is 9.90 Å². The van der Waals surface area contributed by atoms with Gasteiger partial charge in [-0.25, -0.2) is 4.98 Å². The summed E-state index contributed by atoms with van der Waals surface area (Å²) in [6.45, 7) is 3.24. The van der Waals surface area contributed by atoms with Crippen molar-refractivity contribution in [3.63, 3.8) is 0 Å². The third-order valence-corrected chi connectivity index (χ3v) is 4.95. The molecule has 5 heteroatoms. The minimum absolute atomic E-state index is 0.0507. The predicted octanol–water partition coefficient (Wildman–Crippen LogP) is 2.51. The van der Waals surface area contributed by atoms with Crippen molar-refractivity contribution in [2.75, 3.05) is 13.1 Å². The largest absolute Gasteiger partial charge is 0.391 e. The number of thiazole rings is 1. The van der Waals surface area contributed by atoms with Gasteiger partial charge >= 0.3 is 0 Å². The van der Waals surface area contributed by atoms with E-state index >= 15 is 0 Å². The topological polar surface area (TPSA) is 53.4 Å². The van der Waals surface area contributed by atoms with Crippen LogP contribution in [0, 0.1) is 0 Å². The Morgan fingerprint density at radius 2 is 2.18 bits per heavy atom. The fourth-order valence-electron chi connectivity index (χ4n) is 2.64. The lowest BCUT2D eigenvalue weighted by atomic mass is 10.1. The van der Waals surface area contributed by atoms with Crippen molar-refractivity contribution in [3.05, 3.63) is 40.9 Å². The van der Waals surface area contributed by atoms with Crippen LogP contribution < -0.4 is 0 Å². The summed E-state index contributed by atoms with van der Waals surface area (Å²) in [5.74, 6) is 0.0507. The van der Waals surface area contributed by atoms with E-state index in [-0.39, 0.29) is 12.0 Å². The smallest absolute Gasteiger partial charge is 0.228 e. The number of β-amino-alcohol motifs (C(OH)–C–C–N with tert-alkyl or cyclic N) is 1. The fraction of sp³-hybridized carbons (Fsp3) is 0.412. The lowest BCUT2D eigenvalue weighted by Gasteiger charge is -2.14. The fourth-order valence-corrected chi connectivity index (χ4v) is 3.46. The number of rotatable bonds is 4. The zero-order valence-corrected chi connectivity index (χ0v) is 13.5. The molecule has 1 aliphatic heterocycles. The molecule has 1 amide bonds. The minimum atomic E-state index is -0.368. The van der Waals surface area contributed by atoms with E-state index in [1.54, 1.807) is 16.2 Å². The second-order valence-electron chi connectivity index (χ2n) is 5.65. The monoisotopic (exact) mass is 316 g/mol. The van der Waals surface area contributed by atoms with Crippen molar-refractivity contribution in [1.82, 2.24) is 9.88 Å². The van der Waals surface area contributed by atoms with Gasteiger partial charge in [0.05, 0.1) is 18.2 Å². The Balaban J connectivity index is 1.66. The van der Waals surface area contributed by atoms with Crippen LogP contribution in [0.5, 0.6) is 0 Å². The number of benzene rings is 1. The average molecular weight is 316 g/mol. The average Bonchev–Trinajstić information content (AvgIpc) is 3.16. The van der Waals surface area contributed by atoms with Crippen LogP contribution in [0.1, 0.15) is 24.6 Å². The number of aryl methyl sites for hydroxylation is 1. The maximum absolute atomic E-state index is 12.2. The second-order valence-corrected chi connectivity index (χ2v) is 6.51. The second kappa shape index (κ2) is 6.58. The van der Waals surface area contributed by atoms with Crippen LogP contribution in [0.4, 0.5) is 0 Å². The molecule has 2 heterocycles. The van der Waals surface area contributed by atoms with Crippen LogP contribution in [0.2, 0.25) is 0 Å². The number of nitrogens with zero attached hydrogens (tertiary/aromatic N) is 2. The predicted molar refractivity (Wildman–Crippen MR) is 87.8 cm³/mol. The molecule has 4 nitrogen and oxygen atoms in total. The number of aromatic nitrogens is 1. The lowest BCUT2D eigenvalue weighted by molar-refractivity contribution is -0.129. The molecule has 1 saturated heterocycles. The summed E-state index contributed by atoms with van der Waals surface area (Å²) < 4.78 is 0. The lowest BCUT2D eigenvalue weighted by Crippen LogP contribution is -2.30. The molecule has 2 aromatic rings. The van der Waals surface area contributed by atoms with Gasteiger partial charge in [-0.05, 0) is 18.4 Å². The SMILES string of the molecule is CCc1ccc(-c2nc(CC(=O)N3CC[C@@H](O)C3)cs2)cc1. The Hall–Kier alpha value is -1.72. The molecule has 22 heavy (non-hydrogen) atoms. The van der Waals surface area contributed by atoms with E-state index in [0.29, 0.717) is 25.9 Å². The molecular formula is C17H20N2O2S. The summed E-state index contributed by atoms with van der Waals surface area (Å²) in [5.41, 5.74) is 3.21.